The first-order valence-electron chi connectivity index (χ1n) is 10.9. The number of fused-ring (bicyclic) bond motifs is 5. The highest BCUT2D eigenvalue weighted by molar-refractivity contribution is 5.79. The Kier molecular flexibility index (Phi) is 3.80. The molecular formula is C23H34O3. The summed E-state index contributed by atoms with van der Waals surface area (Å²) < 4.78 is 12.1. The van der Waals surface area contributed by atoms with Crippen LogP contribution in [0.2, 0.25) is 0 Å². The molecule has 4 fully saturated rings. The fourth-order valence-corrected chi connectivity index (χ4v) is 8.02. The first-order valence-corrected chi connectivity index (χ1v) is 10.9. The van der Waals surface area contributed by atoms with Crippen molar-refractivity contribution < 1.29 is 14.3 Å². The predicted molar refractivity (Wildman–Crippen MR) is 101 cm³/mol. The molecule has 3 nitrogen and oxygen atoms in total. The summed E-state index contributed by atoms with van der Waals surface area (Å²) in [5.74, 6) is 2.72. The van der Waals surface area contributed by atoms with Crippen LogP contribution in [0.1, 0.15) is 72.1 Å². The molecule has 1 heterocycles. The minimum atomic E-state index is -0.311. The second kappa shape index (κ2) is 5.67. The molecule has 0 N–H and O–H groups in total. The van der Waals surface area contributed by atoms with Crippen molar-refractivity contribution in [1.29, 1.82) is 0 Å². The monoisotopic (exact) mass is 358 g/mol. The van der Waals surface area contributed by atoms with E-state index < -0.39 is 0 Å². The molecule has 1 aliphatic heterocycles. The van der Waals surface area contributed by atoms with E-state index in [1.165, 1.54) is 32.1 Å². The van der Waals surface area contributed by atoms with E-state index in [1.54, 1.807) is 5.57 Å². The van der Waals surface area contributed by atoms with Crippen LogP contribution in [0.5, 0.6) is 0 Å². The van der Waals surface area contributed by atoms with Crippen molar-refractivity contribution >= 4 is 5.78 Å². The Bertz CT molecular complexity index is 646. The lowest BCUT2D eigenvalue weighted by atomic mass is 9.47. The summed E-state index contributed by atoms with van der Waals surface area (Å²) in [4.78, 5) is 12.3. The van der Waals surface area contributed by atoms with Gasteiger partial charge in [0.1, 0.15) is 5.78 Å². The van der Waals surface area contributed by atoms with Gasteiger partial charge in [-0.2, -0.15) is 0 Å². The van der Waals surface area contributed by atoms with Gasteiger partial charge in [0.15, 0.2) is 5.79 Å². The molecule has 5 rings (SSSR count). The Morgan fingerprint density at radius 2 is 1.81 bits per heavy atom. The lowest BCUT2D eigenvalue weighted by Gasteiger charge is -2.58. The average molecular weight is 359 g/mol. The van der Waals surface area contributed by atoms with Crippen molar-refractivity contribution in [2.24, 2.45) is 34.5 Å². The van der Waals surface area contributed by atoms with Gasteiger partial charge in [-0.3, -0.25) is 4.79 Å². The molecule has 1 saturated heterocycles. The van der Waals surface area contributed by atoms with Gasteiger partial charge in [0, 0.05) is 18.8 Å². The average Bonchev–Trinajstić information content (AvgIpc) is 3.20. The van der Waals surface area contributed by atoms with E-state index in [0.717, 1.165) is 50.2 Å². The molecule has 6 atom stereocenters. The Morgan fingerprint density at radius 3 is 2.54 bits per heavy atom. The minimum absolute atomic E-state index is 0.252. The molecule has 0 aromatic carbocycles. The van der Waals surface area contributed by atoms with E-state index in [0.29, 0.717) is 17.1 Å². The molecular weight excluding hydrogens is 324 g/mol. The van der Waals surface area contributed by atoms with Gasteiger partial charge >= 0.3 is 0 Å². The molecule has 0 unspecified atom stereocenters. The summed E-state index contributed by atoms with van der Waals surface area (Å²) in [5.41, 5.74) is 2.18. The molecule has 3 heteroatoms. The number of allylic oxidation sites excluding steroid dienone is 1. The summed E-state index contributed by atoms with van der Waals surface area (Å²) in [6.07, 6.45) is 11.9. The molecule has 0 amide bonds. The molecule has 4 aliphatic carbocycles. The number of carbonyl (C=O) groups is 1. The number of ketones is 1. The smallest absolute Gasteiger partial charge is 0.172 e. The summed E-state index contributed by atoms with van der Waals surface area (Å²) in [6, 6.07) is 0. The minimum Gasteiger partial charge on any atom is -0.347 e. The van der Waals surface area contributed by atoms with Crippen LogP contribution in [-0.4, -0.2) is 24.8 Å². The van der Waals surface area contributed by atoms with Crippen LogP contribution < -0.4 is 0 Å². The lowest BCUT2D eigenvalue weighted by molar-refractivity contribution is -0.185. The first kappa shape index (κ1) is 17.4. The third-order valence-electron chi connectivity index (χ3n) is 9.41. The molecule has 1 spiro atoms. The zero-order chi connectivity index (χ0) is 18.2. The van der Waals surface area contributed by atoms with E-state index in [9.17, 15) is 4.79 Å². The molecule has 0 aromatic rings. The number of carbonyl (C=O) groups excluding carboxylic acids is 1. The summed E-state index contributed by atoms with van der Waals surface area (Å²) in [5, 5.41) is 0. The van der Waals surface area contributed by atoms with Gasteiger partial charge in [0.25, 0.3) is 0 Å². The van der Waals surface area contributed by atoms with Gasteiger partial charge in [-0.05, 0) is 74.0 Å². The molecule has 5 aliphatic rings. The Morgan fingerprint density at radius 1 is 1.04 bits per heavy atom. The number of Topliss-reactive ketones (excluding diaryl/α,β-unsaturated/α-hetero) is 1. The quantitative estimate of drug-likeness (QED) is 0.626. The van der Waals surface area contributed by atoms with Crippen LogP contribution in [0.4, 0.5) is 0 Å². The lowest BCUT2D eigenvalue weighted by Crippen LogP contribution is -2.52. The second-order valence-corrected chi connectivity index (χ2v) is 10.3. The van der Waals surface area contributed by atoms with Gasteiger partial charge in [-0.15, -0.1) is 0 Å². The number of ether oxygens (including phenoxy) is 2. The van der Waals surface area contributed by atoms with Crippen molar-refractivity contribution in [3.05, 3.63) is 11.6 Å². The SMILES string of the molecule is CC(=O)[C@H]1CC[C@H]2[C@@H]3CC=C4CC5(CC[C@]4(C)[C@H]3CC[C@]12C)OCCO5. The maximum atomic E-state index is 12.3. The standard InChI is InChI=1S/C23H34O3/c1-15(24)18-6-7-19-17-5-4-16-14-23(25-12-13-26-23)11-10-21(16,2)20(17)8-9-22(18,19)3/h4,17-20H,5-14H2,1-3H3/t17-,18+,19-,20-,21-,22+/m0/s1. The van der Waals surface area contributed by atoms with Gasteiger partial charge in [0.05, 0.1) is 13.2 Å². The van der Waals surface area contributed by atoms with Crippen LogP contribution in [0.3, 0.4) is 0 Å². The van der Waals surface area contributed by atoms with Crippen molar-refractivity contribution in [3.8, 4) is 0 Å². The van der Waals surface area contributed by atoms with Crippen molar-refractivity contribution in [1.82, 2.24) is 0 Å². The third kappa shape index (κ3) is 2.22. The molecule has 26 heavy (non-hydrogen) atoms. The Hall–Kier alpha value is -0.670. The second-order valence-electron chi connectivity index (χ2n) is 10.3. The first-order chi connectivity index (χ1) is 12.4. The van der Waals surface area contributed by atoms with Crippen LogP contribution in [-0.2, 0) is 14.3 Å². The molecule has 0 radical (unpaired) electrons. The maximum absolute atomic E-state index is 12.3. The molecule has 144 valence electrons. The van der Waals surface area contributed by atoms with E-state index in [2.05, 4.69) is 19.9 Å². The number of rotatable bonds is 1. The highest BCUT2D eigenvalue weighted by atomic mass is 16.7. The summed E-state index contributed by atoms with van der Waals surface area (Å²) in [6.45, 7) is 8.29. The van der Waals surface area contributed by atoms with Gasteiger partial charge in [-0.25, -0.2) is 0 Å². The van der Waals surface area contributed by atoms with Gasteiger partial charge in [-0.1, -0.05) is 25.5 Å². The zero-order valence-corrected chi connectivity index (χ0v) is 16.7. The van der Waals surface area contributed by atoms with Gasteiger partial charge < -0.3 is 9.47 Å². The van der Waals surface area contributed by atoms with E-state index in [-0.39, 0.29) is 11.2 Å². The Balaban J connectivity index is 1.44. The topological polar surface area (TPSA) is 35.5 Å². The largest absolute Gasteiger partial charge is 0.347 e. The molecule has 0 aromatic heterocycles. The van der Waals surface area contributed by atoms with Crippen LogP contribution in [0, 0.1) is 34.5 Å². The van der Waals surface area contributed by atoms with E-state index >= 15 is 0 Å². The Labute approximate surface area is 157 Å². The molecule has 3 saturated carbocycles. The normalized spacial score (nSPS) is 49.3. The highest BCUT2D eigenvalue weighted by Crippen LogP contribution is 2.67. The van der Waals surface area contributed by atoms with Gasteiger partial charge in [0.2, 0.25) is 0 Å². The number of hydrogen-bond acceptors (Lipinski definition) is 3. The van der Waals surface area contributed by atoms with Crippen molar-refractivity contribution in [3.63, 3.8) is 0 Å². The van der Waals surface area contributed by atoms with Crippen molar-refractivity contribution in [2.45, 2.75) is 77.9 Å². The van der Waals surface area contributed by atoms with E-state index in [1.807, 2.05) is 6.92 Å². The summed E-state index contributed by atoms with van der Waals surface area (Å²) in [7, 11) is 0. The van der Waals surface area contributed by atoms with Crippen LogP contribution in [0.15, 0.2) is 11.6 Å². The zero-order valence-electron chi connectivity index (χ0n) is 16.7. The van der Waals surface area contributed by atoms with Crippen LogP contribution >= 0.6 is 0 Å². The van der Waals surface area contributed by atoms with Crippen LogP contribution in [0.25, 0.3) is 0 Å². The predicted octanol–water partition coefficient (Wildman–Crippen LogP) is 4.90. The summed E-state index contributed by atoms with van der Waals surface area (Å²) >= 11 is 0. The highest BCUT2D eigenvalue weighted by Gasteiger charge is 2.60. The maximum Gasteiger partial charge on any atom is 0.172 e. The fourth-order valence-electron chi connectivity index (χ4n) is 8.02. The van der Waals surface area contributed by atoms with E-state index in [4.69, 9.17) is 9.47 Å². The fraction of sp³-hybridized carbons (Fsp3) is 0.870. The third-order valence-corrected chi connectivity index (χ3v) is 9.41. The van der Waals surface area contributed by atoms with Crippen molar-refractivity contribution in [2.75, 3.05) is 13.2 Å². The molecule has 0 bridgehead atoms. The number of hydrogen-bond donors (Lipinski definition) is 0.